The second-order valence-corrected chi connectivity index (χ2v) is 5.48. The molecule has 0 aromatic heterocycles. The Kier molecular flexibility index (Phi) is 6.14. The molecule has 25 heavy (non-hydrogen) atoms. The van der Waals surface area contributed by atoms with Crippen molar-refractivity contribution < 1.29 is 19.1 Å². The lowest BCUT2D eigenvalue weighted by molar-refractivity contribution is -0.139. The number of nitrogens with one attached hydrogen (secondary N) is 1. The maximum atomic E-state index is 12.5. The largest absolute Gasteiger partial charge is 0.463 e. The summed E-state index contributed by atoms with van der Waals surface area (Å²) in [7, 11) is 1.54. The average molecular weight is 343 g/mol. The molecular weight excluding hydrogens is 322 g/mol. The number of nitrogens with zero attached hydrogens (tertiary/aromatic N) is 2. The highest BCUT2D eigenvalue weighted by Crippen LogP contribution is 2.31. The Morgan fingerprint density at radius 1 is 1.44 bits per heavy atom. The Morgan fingerprint density at radius 3 is 2.84 bits per heavy atom. The van der Waals surface area contributed by atoms with Crippen LogP contribution in [0.1, 0.15) is 31.0 Å². The first-order valence-electron chi connectivity index (χ1n) is 7.98. The van der Waals surface area contributed by atoms with Crippen molar-refractivity contribution in [1.29, 1.82) is 5.26 Å². The van der Waals surface area contributed by atoms with Crippen LogP contribution in [0.2, 0.25) is 0 Å². The van der Waals surface area contributed by atoms with Crippen LogP contribution >= 0.6 is 0 Å². The van der Waals surface area contributed by atoms with Gasteiger partial charge in [0.2, 0.25) is 0 Å². The van der Waals surface area contributed by atoms with E-state index in [2.05, 4.69) is 11.4 Å². The van der Waals surface area contributed by atoms with Gasteiger partial charge in [0.15, 0.2) is 0 Å². The Bertz CT molecular complexity index is 736. The van der Waals surface area contributed by atoms with E-state index < -0.39 is 12.0 Å². The summed E-state index contributed by atoms with van der Waals surface area (Å²) >= 11 is 0. The molecule has 132 valence electrons. The van der Waals surface area contributed by atoms with Gasteiger partial charge in [0.05, 0.1) is 43.0 Å². The summed E-state index contributed by atoms with van der Waals surface area (Å²) < 4.78 is 10.2. The topological polar surface area (TPSA) is 91.7 Å². The van der Waals surface area contributed by atoms with Crippen LogP contribution in [0.5, 0.6) is 0 Å². The van der Waals surface area contributed by atoms with E-state index in [4.69, 9.17) is 14.7 Å². The van der Waals surface area contributed by atoms with E-state index in [9.17, 15) is 9.59 Å². The van der Waals surface area contributed by atoms with Crippen LogP contribution in [-0.2, 0) is 14.3 Å². The SMILES string of the molecule is CCOC(=O)C1=C(C)N(CCOC)C(=O)N[C@@H]1c1cccc(C#N)c1. The van der Waals surface area contributed by atoms with Gasteiger partial charge in [0, 0.05) is 12.8 Å². The van der Waals surface area contributed by atoms with Gasteiger partial charge in [-0.15, -0.1) is 0 Å². The third kappa shape index (κ3) is 3.98. The molecule has 0 saturated carbocycles. The molecule has 1 heterocycles. The highest BCUT2D eigenvalue weighted by Gasteiger charge is 2.36. The number of methoxy groups -OCH3 is 1. The lowest BCUT2D eigenvalue weighted by atomic mass is 9.94. The fourth-order valence-corrected chi connectivity index (χ4v) is 2.74. The molecule has 1 aromatic carbocycles. The number of rotatable bonds is 6. The first-order chi connectivity index (χ1) is 12.0. The Morgan fingerprint density at radius 2 is 2.20 bits per heavy atom. The van der Waals surface area contributed by atoms with Crippen molar-refractivity contribution in [3.8, 4) is 6.07 Å². The molecule has 0 saturated heterocycles. The van der Waals surface area contributed by atoms with Crippen LogP contribution in [0.25, 0.3) is 0 Å². The van der Waals surface area contributed by atoms with Crippen LogP contribution in [0, 0.1) is 11.3 Å². The van der Waals surface area contributed by atoms with E-state index in [1.54, 1.807) is 45.2 Å². The highest BCUT2D eigenvalue weighted by atomic mass is 16.5. The van der Waals surface area contributed by atoms with Gasteiger partial charge in [-0.25, -0.2) is 9.59 Å². The van der Waals surface area contributed by atoms with Gasteiger partial charge in [-0.2, -0.15) is 5.26 Å². The number of allylic oxidation sites excluding steroid dienone is 1. The Balaban J connectivity index is 2.50. The van der Waals surface area contributed by atoms with E-state index in [0.717, 1.165) is 0 Å². The lowest BCUT2D eigenvalue weighted by Crippen LogP contribution is -2.49. The molecule has 0 unspecified atom stereocenters. The third-order valence-electron chi connectivity index (χ3n) is 3.96. The number of hydrogen-bond donors (Lipinski definition) is 1. The van der Waals surface area contributed by atoms with E-state index in [-0.39, 0.29) is 12.6 Å². The summed E-state index contributed by atoms with van der Waals surface area (Å²) in [5.74, 6) is -0.491. The molecule has 2 amide bonds. The fourth-order valence-electron chi connectivity index (χ4n) is 2.74. The summed E-state index contributed by atoms with van der Waals surface area (Å²) in [4.78, 5) is 26.5. The second kappa shape index (κ2) is 8.31. The van der Waals surface area contributed by atoms with Crippen molar-refractivity contribution >= 4 is 12.0 Å². The number of urea groups is 1. The molecule has 0 aliphatic carbocycles. The number of hydrogen-bond acceptors (Lipinski definition) is 5. The van der Waals surface area contributed by atoms with E-state index in [1.807, 2.05) is 0 Å². The van der Waals surface area contributed by atoms with Crippen LogP contribution in [-0.4, -0.2) is 43.8 Å². The molecule has 1 N–H and O–H groups in total. The molecular formula is C18H21N3O4. The number of carbonyl (C=O) groups is 2. The van der Waals surface area contributed by atoms with Gasteiger partial charge in [0.25, 0.3) is 0 Å². The van der Waals surface area contributed by atoms with Gasteiger partial charge in [-0.05, 0) is 31.5 Å². The van der Waals surface area contributed by atoms with E-state index in [1.165, 1.54) is 4.90 Å². The fraction of sp³-hybridized carbons (Fsp3) is 0.389. The van der Waals surface area contributed by atoms with Crippen LogP contribution in [0.15, 0.2) is 35.5 Å². The summed E-state index contributed by atoms with van der Waals surface area (Å²) in [6, 6.07) is 7.88. The smallest absolute Gasteiger partial charge is 0.338 e. The summed E-state index contributed by atoms with van der Waals surface area (Å²) in [6.07, 6.45) is 0. The first-order valence-corrected chi connectivity index (χ1v) is 7.98. The van der Waals surface area contributed by atoms with Gasteiger partial charge in [0.1, 0.15) is 0 Å². The minimum absolute atomic E-state index is 0.229. The number of esters is 1. The normalized spacial score (nSPS) is 17.1. The number of carbonyl (C=O) groups excluding carboxylic acids is 2. The van der Waals surface area contributed by atoms with Crippen molar-refractivity contribution in [2.45, 2.75) is 19.9 Å². The highest BCUT2D eigenvalue weighted by molar-refractivity contribution is 5.95. The molecule has 0 radical (unpaired) electrons. The molecule has 0 bridgehead atoms. The van der Waals surface area contributed by atoms with Crippen LogP contribution in [0.4, 0.5) is 4.79 Å². The Labute approximate surface area is 146 Å². The van der Waals surface area contributed by atoms with Gasteiger partial charge < -0.3 is 14.8 Å². The minimum Gasteiger partial charge on any atom is -0.463 e. The van der Waals surface area contributed by atoms with Crippen molar-refractivity contribution in [2.75, 3.05) is 26.9 Å². The second-order valence-electron chi connectivity index (χ2n) is 5.48. The predicted octanol–water partition coefficient (Wildman–Crippen LogP) is 2.11. The first kappa shape index (κ1) is 18.5. The van der Waals surface area contributed by atoms with Crippen molar-refractivity contribution in [2.24, 2.45) is 0 Å². The molecule has 7 nitrogen and oxygen atoms in total. The predicted molar refractivity (Wildman–Crippen MR) is 90.3 cm³/mol. The maximum Gasteiger partial charge on any atom is 0.338 e. The zero-order valence-corrected chi connectivity index (χ0v) is 14.5. The molecule has 1 aliphatic heterocycles. The van der Waals surface area contributed by atoms with E-state index >= 15 is 0 Å². The summed E-state index contributed by atoms with van der Waals surface area (Å²) in [5, 5.41) is 11.9. The monoisotopic (exact) mass is 343 g/mol. The average Bonchev–Trinajstić information content (AvgIpc) is 2.61. The number of amides is 2. The molecule has 0 spiro atoms. The van der Waals surface area contributed by atoms with Crippen molar-refractivity contribution in [3.63, 3.8) is 0 Å². The van der Waals surface area contributed by atoms with Crippen LogP contribution < -0.4 is 5.32 Å². The maximum absolute atomic E-state index is 12.5. The van der Waals surface area contributed by atoms with Gasteiger partial charge >= 0.3 is 12.0 Å². The van der Waals surface area contributed by atoms with Crippen LogP contribution in [0.3, 0.4) is 0 Å². The zero-order chi connectivity index (χ0) is 18.4. The summed E-state index contributed by atoms with van der Waals surface area (Å²) in [5.41, 5.74) is 1.98. The number of nitriles is 1. The zero-order valence-electron chi connectivity index (χ0n) is 14.5. The quantitative estimate of drug-likeness (QED) is 0.799. The Hall–Kier alpha value is -2.85. The standard InChI is InChI=1S/C18H21N3O4/c1-4-25-17(22)15-12(2)21(8-9-24-3)18(23)20-16(15)14-7-5-6-13(10-14)11-19/h5-7,10,16H,4,8-9H2,1-3H3,(H,20,23)/t16-/m1/s1. The minimum atomic E-state index is -0.668. The third-order valence-corrected chi connectivity index (χ3v) is 3.96. The van der Waals surface area contributed by atoms with Crippen molar-refractivity contribution in [1.82, 2.24) is 10.2 Å². The summed E-state index contributed by atoms with van der Waals surface area (Å²) in [6.45, 7) is 4.33. The van der Waals surface area contributed by atoms with Crippen molar-refractivity contribution in [3.05, 3.63) is 46.7 Å². The van der Waals surface area contributed by atoms with Gasteiger partial charge in [-0.3, -0.25) is 4.90 Å². The molecule has 0 fully saturated rings. The van der Waals surface area contributed by atoms with E-state index in [0.29, 0.717) is 35.5 Å². The molecule has 1 aliphatic rings. The molecule has 1 atom stereocenters. The number of ether oxygens (including phenoxy) is 2. The van der Waals surface area contributed by atoms with Gasteiger partial charge in [-0.1, -0.05) is 12.1 Å². The molecule has 7 heteroatoms. The molecule has 2 rings (SSSR count). The lowest BCUT2D eigenvalue weighted by Gasteiger charge is -2.35. The molecule has 1 aromatic rings. The number of benzene rings is 1.